The summed E-state index contributed by atoms with van der Waals surface area (Å²) in [6, 6.07) is 0.728. The molecule has 0 aromatic carbocycles. The van der Waals surface area contributed by atoms with Gasteiger partial charge in [0.05, 0.1) is 0 Å². The van der Waals surface area contributed by atoms with Crippen molar-refractivity contribution in [3.8, 4) is 0 Å². The van der Waals surface area contributed by atoms with Crippen LogP contribution in [0.3, 0.4) is 0 Å². The van der Waals surface area contributed by atoms with Gasteiger partial charge in [0.15, 0.2) is 0 Å². The van der Waals surface area contributed by atoms with Crippen molar-refractivity contribution in [3.63, 3.8) is 0 Å². The zero-order valence-corrected chi connectivity index (χ0v) is 10.9. The first-order valence-corrected chi connectivity index (χ1v) is 6.96. The molecule has 0 saturated heterocycles. The van der Waals surface area contributed by atoms with E-state index in [1.165, 1.54) is 57.9 Å². The van der Waals surface area contributed by atoms with Gasteiger partial charge in [0.1, 0.15) is 0 Å². The molecule has 0 aliphatic heterocycles. The molecule has 0 radical (unpaired) electrons. The first-order chi connectivity index (χ1) is 7.22. The zero-order chi connectivity index (χ0) is 11.1. The maximum Gasteiger partial charge on any atom is 0.00389 e. The molecule has 1 rings (SSSR count). The molecule has 0 aromatic rings. The third-order valence-electron chi connectivity index (χ3n) is 4.02. The summed E-state index contributed by atoms with van der Waals surface area (Å²) in [4.78, 5) is 0. The molecule has 1 heteroatoms. The van der Waals surface area contributed by atoms with Crippen molar-refractivity contribution in [2.24, 2.45) is 5.41 Å². The third-order valence-corrected chi connectivity index (χ3v) is 4.02. The second-order valence-electron chi connectivity index (χ2n) is 5.48. The summed E-state index contributed by atoms with van der Waals surface area (Å²) in [6.45, 7) is 8.22. The first-order valence-electron chi connectivity index (χ1n) is 6.96. The molecule has 1 N–H and O–H groups in total. The minimum Gasteiger partial charge on any atom is -0.314 e. The SMILES string of the molecule is CCCCCCC(C)NCC1(CC)CC1. The molecular formula is C14H29N. The van der Waals surface area contributed by atoms with Crippen LogP contribution in [0.1, 0.15) is 72.1 Å². The number of rotatable bonds is 9. The summed E-state index contributed by atoms with van der Waals surface area (Å²) in [6.07, 6.45) is 11.2. The van der Waals surface area contributed by atoms with Crippen molar-refractivity contribution in [1.82, 2.24) is 5.32 Å². The average Bonchev–Trinajstić information content (AvgIpc) is 3.02. The van der Waals surface area contributed by atoms with Gasteiger partial charge in [0.25, 0.3) is 0 Å². The van der Waals surface area contributed by atoms with Crippen LogP contribution in [0.5, 0.6) is 0 Å². The summed E-state index contributed by atoms with van der Waals surface area (Å²) < 4.78 is 0. The van der Waals surface area contributed by atoms with E-state index < -0.39 is 0 Å². The Hall–Kier alpha value is -0.0400. The minimum absolute atomic E-state index is 0.706. The normalized spacial score (nSPS) is 20.2. The Bertz CT molecular complexity index is 161. The second-order valence-corrected chi connectivity index (χ2v) is 5.48. The predicted octanol–water partition coefficient (Wildman–Crippen LogP) is 4.13. The van der Waals surface area contributed by atoms with Gasteiger partial charge in [-0.15, -0.1) is 0 Å². The lowest BCUT2D eigenvalue weighted by atomic mass is 10.0. The fourth-order valence-electron chi connectivity index (χ4n) is 2.20. The van der Waals surface area contributed by atoms with Crippen molar-refractivity contribution < 1.29 is 0 Å². The van der Waals surface area contributed by atoms with Crippen LogP contribution in [0.4, 0.5) is 0 Å². The molecule has 1 nitrogen and oxygen atoms in total. The highest BCUT2D eigenvalue weighted by Crippen LogP contribution is 2.47. The van der Waals surface area contributed by atoms with E-state index in [1.54, 1.807) is 0 Å². The first kappa shape index (κ1) is 13.0. The molecule has 15 heavy (non-hydrogen) atoms. The molecule has 0 aromatic heterocycles. The van der Waals surface area contributed by atoms with E-state index >= 15 is 0 Å². The minimum atomic E-state index is 0.706. The van der Waals surface area contributed by atoms with Crippen LogP contribution in [0, 0.1) is 5.41 Å². The maximum atomic E-state index is 3.71. The van der Waals surface area contributed by atoms with E-state index in [0.717, 1.165) is 6.04 Å². The van der Waals surface area contributed by atoms with Crippen LogP contribution < -0.4 is 5.32 Å². The fraction of sp³-hybridized carbons (Fsp3) is 1.00. The molecule has 1 fully saturated rings. The summed E-state index contributed by atoms with van der Waals surface area (Å²) in [5.74, 6) is 0. The fourth-order valence-corrected chi connectivity index (χ4v) is 2.20. The number of hydrogen-bond acceptors (Lipinski definition) is 1. The van der Waals surface area contributed by atoms with E-state index in [1.807, 2.05) is 0 Å². The van der Waals surface area contributed by atoms with Crippen molar-refractivity contribution in [2.75, 3.05) is 6.54 Å². The lowest BCUT2D eigenvalue weighted by Gasteiger charge is -2.18. The average molecular weight is 211 g/mol. The quantitative estimate of drug-likeness (QED) is 0.566. The van der Waals surface area contributed by atoms with Gasteiger partial charge in [-0.3, -0.25) is 0 Å². The lowest BCUT2D eigenvalue weighted by Crippen LogP contribution is -2.31. The molecule has 1 aliphatic carbocycles. The monoisotopic (exact) mass is 211 g/mol. The van der Waals surface area contributed by atoms with Gasteiger partial charge in [-0.05, 0) is 38.0 Å². The summed E-state index contributed by atoms with van der Waals surface area (Å²) in [5.41, 5.74) is 0.706. The molecule has 0 heterocycles. The molecule has 1 atom stereocenters. The van der Waals surface area contributed by atoms with Gasteiger partial charge in [0, 0.05) is 12.6 Å². The zero-order valence-electron chi connectivity index (χ0n) is 10.9. The molecule has 1 saturated carbocycles. The Labute approximate surface area is 96.0 Å². The Balaban J connectivity index is 1.96. The maximum absolute atomic E-state index is 3.71. The Morgan fingerprint density at radius 2 is 1.87 bits per heavy atom. The lowest BCUT2D eigenvalue weighted by molar-refractivity contribution is 0.393. The van der Waals surface area contributed by atoms with E-state index in [9.17, 15) is 0 Å². The van der Waals surface area contributed by atoms with Gasteiger partial charge in [-0.25, -0.2) is 0 Å². The summed E-state index contributed by atoms with van der Waals surface area (Å²) >= 11 is 0. The van der Waals surface area contributed by atoms with Gasteiger partial charge in [-0.2, -0.15) is 0 Å². The van der Waals surface area contributed by atoms with Gasteiger partial charge in [-0.1, -0.05) is 39.5 Å². The number of hydrogen-bond donors (Lipinski definition) is 1. The highest BCUT2D eigenvalue weighted by Gasteiger charge is 2.40. The Morgan fingerprint density at radius 3 is 2.40 bits per heavy atom. The highest BCUT2D eigenvalue weighted by molar-refractivity contribution is 4.93. The molecule has 1 unspecified atom stereocenters. The molecule has 0 amide bonds. The summed E-state index contributed by atoms with van der Waals surface area (Å²) in [7, 11) is 0. The largest absolute Gasteiger partial charge is 0.314 e. The van der Waals surface area contributed by atoms with Crippen molar-refractivity contribution >= 4 is 0 Å². The molecule has 90 valence electrons. The van der Waals surface area contributed by atoms with Gasteiger partial charge < -0.3 is 5.32 Å². The van der Waals surface area contributed by atoms with Gasteiger partial charge in [0.2, 0.25) is 0 Å². The Morgan fingerprint density at radius 1 is 1.13 bits per heavy atom. The van der Waals surface area contributed by atoms with Crippen LogP contribution in [0.15, 0.2) is 0 Å². The van der Waals surface area contributed by atoms with Crippen molar-refractivity contribution in [2.45, 2.75) is 78.2 Å². The van der Waals surface area contributed by atoms with Crippen LogP contribution in [-0.4, -0.2) is 12.6 Å². The predicted molar refractivity (Wildman–Crippen MR) is 68.2 cm³/mol. The molecule has 0 bridgehead atoms. The van der Waals surface area contributed by atoms with Crippen LogP contribution >= 0.6 is 0 Å². The summed E-state index contributed by atoms with van der Waals surface area (Å²) in [5, 5.41) is 3.71. The smallest absolute Gasteiger partial charge is 0.00389 e. The van der Waals surface area contributed by atoms with Gasteiger partial charge >= 0.3 is 0 Å². The van der Waals surface area contributed by atoms with Crippen LogP contribution in [-0.2, 0) is 0 Å². The van der Waals surface area contributed by atoms with Crippen molar-refractivity contribution in [3.05, 3.63) is 0 Å². The van der Waals surface area contributed by atoms with Crippen molar-refractivity contribution in [1.29, 1.82) is 0 Å². The van der Waals surface area contributed by atoms with E-state index in [4.69, 9.17) is 0 Å². The third kappa shape index (κ3) is 5.01. The molecular weight excluding hydrogens is 182 g/mol. The van der Waals surface area contributed by atoms with Crippen LogP contribution in [0.25, 0.3) is 0 Å². The Kier molecular flexibility index (Phi) is 5.66. The van der Waals surface area contributed by atoms with E-state index in [-0.39, 0.29) is 0 Å². The topological polar surface area (TPSA) is 12.0 Å². The van der Waals surface area contributed by atoms with E-state index in [0.29, 0.717) is 5.41 Å². The number of nitrogens with one attached hydrogen (secondary N) is 1. The number of unbranched alkanes of at least 4 members (excludes halogenated alkanes) is 3. The molecule has 1 aliphatic rings. The van der Waals surface area contributed by atoms with Crippen LogP contribution in [0.2, 0.25) is 0 Å². The van der Waals surface area contributed by atoms with E-state index in [2.05, 4.69) is 26.1 Å². The standard InChI is InChI=1S/C14H29N/c1-4-6-7-8-9-13(3)15-12-14(5-2)10-11-14/h13,15H,4-12H2,1-3H3. The second kappa shape index (κ2) is 6.52. The highest BCUT2D eigenvalue weighted by atomic mass is 14.9. The molecule has 0 spiro atoms.